The highest BCUT2D eigenvalue weighted by Crippen LogP contribution is 2.53. The van der Waals surface area contributed by atoms with E-state index < -0.39 is 0 Å². The standard InChI is InChI=1S/C13H19N.ClH/c1-2-4-12-11(3-1)5-6-13(12)7-9-14-10-8-13;/h1-2,4,11,14H,3,5-10H2;1H. The van der Waals surface area contributed by atoms with Gasteiger partial charge in [-0.05, 0) is 56.5 Å². The lowest BCUT2D eigenvalue weighted by Crippen LogP contribution is -2.36. The van der Waals surface area contributed by atoms with Crippen LogP contribution in [0.25, 0.3) is 0 Å². The highest BCUT2D eigenvalue weighted by Gasteiger charge is 2.43. The van der Waals surface area contributed by atoms with E-state index in [9.17, 15) is 0 Å². The number of hydrogen-bond donors (Lipinski definition) is 1. The molecule has 0 bridgehead atoms. The fraction of sp³-hybridized carbons (Fsp3) is 0.692. The molecular weight excluding hydrogens is 206 g/mol. The zero-order valence-electron chi connectivity index (χ0n) is 9.17. The summed E-state index contributed by atoms with van der Waals surface area (Å²) in [5.74, 6) is 0.901. The molecule has 2 heteroatoms. The van der Waals surface area contributed by atoms with Gasteiger partial charge in [-0.25, -0.2) is 0 Å². The van der Waals surface area contributed by atoms with Crippen molar-refractivity contribution in [3.63, 3.8) is 0 Å². The Hall–Kier alpha value is -0.270. The van der Waals surface area contributed by atoms with Crippen molar-refractivity contribution in [1.29, 1.82) is 0 Å². The number of fused-ring (bicyclic) bond motifs is 2. The molecule has 0 radical (unpaired) electrons. The third kappa shape index (κ3) is 1.76. The molecule has 1 spiro atoms. The molecule has 1 nitrogen and oxygen atoms in total. The Kier molecular flexibility index (Phi) is 3.22. The Morgan fingerprint density at radius 2 is 2.00 bits per heavy atom. The van der Waals surface area contributed by atoms with Gasteiger partial charge in [-0.3, -0.25) is 0 Å². The molecule has 1 saturated heterocycles. The zero-order chi connectivity index (χ0) is 9.43. The largest absolute Gasteiger partial charge is 0.317 e. The summed E-state index contributed by atoms with van der Waals surface area (Å²) in [6.45, 7) is 2.46. The van der Waals surface area contributed by atoms with E-state index in [0.717, 1.165) is 5.92 Å². The highest BCUT2D eigenvalue weighted by atomic mass is 35.5. The third-order valence-corrected chi connectivity index (χ3v) is 4.42. The van der Waals surface area contributed by atoms with Crippen molar-refractivity contribution in [2.45, 2.75) is 32.1 Å². The SMILES string of the molecule is C1=CCC2CCC3(CCNCC3)C2=C1.Cl. The van der Waals surface area contributed by atoms with Gasteiger partial charge in [0, 0.05) is 0 Å². The van der Waals surface area contributed by atoms with Gasteiger partial charge in [0.25, 0.3) is 0 Å². The second-order valence-corrected chi connectivity index (χ2v) is 5.05. The van der Waals surface area contributed by atoms with E-state index in [4.69, 9.17) is 0 Å². The topological polar surface area (TPSA) is 12.0 Å². The zero-order valence-corrected chi connectivity index (χ0v) is 9.98. The maximum atomic E-state index is 3.49. The molecule has 0 aromatic heterocycles. The summed E-state index contributed by atoms with van der Waals surface area (Å²) in [6, 6.07) is 0. The first-order valence-corrected chi connectivity index (χ1v) is 5.99. The molecule has 2 aliphatic carbocycles. The fourth-order valence-corrected chi connectivity index (χ4v) is 3.60. The lowest BCUT2D eigenvalue weighted by molar-refractivity contribution is 0.260. The Morgan fingerprint density at radius 1 is 1.20 bits per heavy atom. The van der Waals surface area contributed by atoms with Crippen LogP contribution < -0.4 is 5.32 Å². The van der Waals surface area contributed by atoms with Crippen molar-refractivity contribution in [3.05, 3.63) is 23.8 Å². The maximum absolute atomic E-state index is 3.49. The van der Waals surface area contributed by atoms with Crippen LogP contribution in [0.5, 0.6) is 0 Å². The maximum Gasteiger partial charge on any atom is -0.00405 e. The normalized spacial score (nSPS) is 32.0. The van der Waals surface area contributed by atoms with Crippen LogP contribution in [0, 0.1) is 11.3 Å². The number of allylic oxidation sites excluding steroid dienone is 4. The van der Waals surface area contributed by atoms with Crippen LogP contribution in [0.4, 0.5) is 0 Å². The molecule has 0 aromatic rings. The Bertz CT molecular complexity index is 281. The first-order chi connectivity index (χ1) is 6.91. The Labute approximate surface area is 98.4 Å². The first kappa shape index (κ1) is 11.2. The third-order valence-electron chi connectivity index (χ3n) is 4.42. The van der Waals surface area contributed by atoms with Gasteiger partial charge in [-0.1, -0.05) is 23.8 Å². The van der Waals surface area contributed by atoms with Crippen LogP contribution in [-0.4, -0.2) is 13.1 Å². The molecule has 3 rings (SSSR count). The first-order valence-electron chi connectivity index (χ1n) is 5.99. The van der Waals surface area contributed by atoms with E-state index in [1.54, 1.807) is 5.57 Å². The van der Waals surface area contributed by atoms with E-state index in [1.807, 2.05) is 0 Å². The van der Waals surface area contributed by atoms with Crippen LogP contribution in [0.2, 0.25) is 0 Å². The number of rotatable bonds is 0. The summed E-state index contributed by atoms with van der Waals surface area (Å²) in [4.78, 5) is 0. The van der Waals surface area contributed by atoms with E-state index in [2.05, 4.69) is 23.5 Å². The number of hydrogen-bond acceptors (Lipinski definition) is 1. The molecule has 1 saturated carbocycles. The van der Waals surface area contributed by atoms with Crippen molar-refractivity contribution in [1.82, 2.24) is 5.32 Å². The molecule has 1 N–H and O–H groups in total. The molecule has 1 heterocycles. The van der Waals surface area contributed by atoms with Crippen LogP contribution in [0.15, 0.2) is 23.8 Å². The van der Waals surface area contributed by atoms with Crippen molar-refractivity contribution in [3.8, 4) is 0 Å². The van der Waals surface area contributed by atoms with Crippen molar-refractivity contribution >= 4 is 12.4 Å². The minimum Gasteiger partial charge on any atom is -0.317 e. The lowest BCUT2D eigenvalue weighted by Gasteiger charge is -2.37. The summed E-state index contributed by atoms with van der Waals surface area (Å²) in [6.07, 6.45) is 14.0. The second-order valence-electron chi connectivity index (χ2n) is 5.05. The van der Waals surface area contributed by atoms with Gasteiger partial charge in [0.2, 0.25) is 0 Å². The van der Waals surface area contributed by atoms with Crippen LogP contribution in [0.3, 0.4) is 0 Å². The van der Waals surface area contributed by atoms with E-state index in [1.165, 1.54) is 45.2 Å². The monoisotopic (exact) mass is 225 g/mol. The summed E-state index contributed by atoms with van der Waals surface area (Å²) >= 11 is 0. The minimum absolute atomic E-state index is 0. The molecular formula is C13H20ClN. The molecule has 3 aliphatic rings. The predicted molar refractivity (Wildman–Crippen MR) is 66.3 cm³/mol. The van der Waals surface area contributed by atoms with Gasteiger partial charge in [0.15, 0.2) is 0 Å². The fourth-order valence-electron chi connectivity index (χ4n) is 3.60. The average molecular weight is 226 g/mol. The molecule has 2 fully saturated rings. The quantitative estimate of drug-likeness (QED) is 0.668. The van der Waals surface area contributed by atoms with E-state index in [0.29, 0.717) is 5.41 Å². The molecule has 15 heavy (non-hydrogen) atoms. The molecule has 1 unspecified atom stereocenters. The van der Waals surface area contributed by atoms with Gasteiger partial charge >= 0.3 is 0 Å². The summed E-state index contributed by atoms with van der Waals surface area (Å²) in [5, 5.41) is 3.49. The molecule has 0 amide bonds. The summed E-state index contributed by atoms with van der Waals surface area (Å²) in [5.41, 5.74) is 2.40. The number of halogens is 1. The summed E-state index contributed by atoms with van der Waals surface area (Å²) in [7, 11) is 0. The Balaban J connectivity index is 0.000000853. The van der Waals surface area contributed by atoms with E-state index >= 15 is 0 Å². The van der Waals surface area contributed by atoms with Crippen LogP contribution >= 0.6 is 12.4 Å². The van der Waals surface area contributed by atoms with Crippen LogP contribution in [-0.2, 0) is 0 Å². The highest BCUT2D eigenvalue weighted by molar-refractivity contribution is 5.85. The van der Waals surface area contributed by atoms with Crippen molar-refractivity contribution in [2.75, 3.05) is 13.1 Å². The Morgan fingerprint density at radius 3 is 2.80 bits per heavy atom. The van der Waals surface area contributed by atoms with Gasteiger partial charge in [0.1, 0.15) is 0 Å². The molecule has 0 aromatic carbocycles. The minimum atomic E-state index is 0. The number of nitrogens with one attached hydrogen (secondary N) is 1. The van der Waals surface area contributed by atoms with Crippen molar-refractivity contribution < 1.29 is 0 Å². The predicted octanol–water partition coefficient (Wildman–Crippen LogP) is 3.07. The smallest absolute Gasteiger partial charge is 0.00405 e. The van der Waals surface area contributed by atoms with Gasteiger partial charge in [-0.2, -0.15) is 0 Å². The molecule has 84 valence electrons. The van der Waals surface area contributed by atoms with Gasteiger partial charge < -0.3 is 5.32 Å². The number of piperidine rings is 1. The molecule has 1 aliphatic heterocycles. The van der Waals surface area contributed by atoms with Crippen LogP contribution in [0.1, 0.15) is 32.1 Å². The van der Waals surface area contributed by atoms with E-state index in [-0.39, 0.29) is 12.4 Å². The van der Waals surface area contributed by atoms with Crippen molar-refractivity contribution in [2.24, 2.45) is 11.3 Å². The van der Waals surface area contributed by atoms with Gasteiger partial charge in [0.05, 0.1) is 0 Å². The lowest BCUT2D eigenvalue weighted by atomic mass is 9.72. The van der Waals surface area contributed by atoms with Gasteiger partial charge in [-0.15, -0.1) is 12.4 Å². The average Bonchev–Trinajstić information content (AvgIpc) is 2.60. The second kappa shape index (κ2) is 4.31. The summed E-state index contributed by atoms with van der Waals surface area (Å²) < 4.78 is 0. The molecule has 1 atom stereocenters.